The largest absolute Gasteiger partial charge is 0.496 e. The van der Waals surface area contributed by atoms with Crippen molar-refractivity contribution in [3.63, 3.8) is 0 Å². The van der Waals surface area contributed by atoms with E-state index >= 15 is 0 Å². The number of fused-ring (bicyclic) bond motifs is 1. The zero-order valence-electron chi connectivity index (χ0n) is 13.9. The van der Waals surface area contributed by atoms with Crippen molar-refractivity contribution in [2.45, 2.75) is 26.8 Å². The quantitative estimate of drug-likeness (QED) is 0.779. The number of nitrogens with zero attached hydrogens (tertiary/aromatic N) is 3. The van der Waals surface area contributed by atoms with Gasteiger partial charge in [-0.15, -0.1) is 0 Å². The van der Waals surface area contributed by atoms with E-state index in [-0.39, 0.29) is 13.0 Å². The second-order valence-corrected chi connectivity index (χ2v) is 5.69. The molecular formula is C18H19N3O3. The molecule has 0 bridgehead atoms. The molecule has 0 unspecified atom stereocenters. The molecular weight excluding hydrogens is 306 g/mol. The fourth-order valence-electron chi connectivity index (χ4n) is 2.90. The molecule has 24 heavy (non-hydrogen) atoms. The first-order chi connectivity index (χ1) is 11.5. The van der Waals surface area contributed by atoms with E-state index in [0.717, 1.165) is 33.7 Å². The average Bonchev–Trinajstić information content (AvgIpc) is 2.91. The van der Waals surface area contributed by atoms with Gasteiger partial charge in [0.1, 0.15) is 11.4 Å². The summed E-state index contributed by atoms with van der Waals surface area (Å²) in [4.78, 5) is 15.5. The fourth-order valence-corrected chi connectivity index (χ4v) is 2.90. The Morgan fingerprint density at radius 3 is 2.75 bits per heavy atom. The van der Waals surface area contributed by atoms with Crippen LogP contribution < -0.4 is 4.74 Å². The van der Waals surface area contributed by atoms with Gasteiger partial charge in [0, 0.05) is 11.3 Å². The van der Waals surface area contributed by atoms with Gasteiger partial charge < -0.3 is 9.84 Å². The van der Waals surface area contributed by atoms with Crippen molar-refractivity contribution in [3.05, 3.63) is 41.6 Å². The van der Waals surface area contributed by atoms with Crippen molar-refractivity contribution >= 4 is 17.0 Å². The minimum atomic E-state index is -0.859. The smallest absolute Gasteiger partial charge is 0.305 e. The third kappa shape index (κ3) is 2.82. The summed E-state index contributed by atoms with van der Waals surface area (Å²) in [5.41, 5.74) is 4.27. The van der Waals surface area contributed by atoms with Crippen molar-refractivity contribution in [1.29, 1.82) is 0 Å². The van der Waals surface area contributed by atoms with E-state index in [9.17, 15) is 4.79 Å². The molecule has 0 saturated heterocycles. The van der Waals surface area contributed by atoms with Crippen molar-refractivity contribution in [1.82, 2.24) is 14.8 Å². The molecule has 3 rings (SSSR count). The molecule has 2 heterocycles. The fraction of sp³-hybridized carbons (Fsp3) is 0.278. The van der Waals surface area contributed by atoms with Crippen molar-refractivity contribution in [3.8, 4) is 17.0 Å². The zero-order chi connectivity index (χ0) is 17.3. The van der Waals surface area contributed by atoms with E-state index in [1.165, 1.54) is 0 Å². The lowest BCUT2D eigenvalue weighted by atomic mass is 10.0. The SMILES string of the molecule is COc1ccccc1-c1nn(CCC(=O)O)c2nc(C)cc(C)c12. The number of hydrogen-bond acceptors (Lipinski definition) is 4. The van der Waals surface area contributed by atoms with Gasteiger partial charge in [-0.3, -0.25) is 4.79 Å². The first-order valence-corrected chi connectivity index (χ1v) is 7.71. The highest BCUT2D eigenvalue weighted by molar-refractivity contribution is 5.95. The number of carbonyl (C=O) groups is 1. The number of benzene rings is 1. The minimum absolute atomic E-state index is 0.00316. The maximum Gasteiger partial charge on any atom is 0.305 e. The van der Waals surface area contributed by atoms with Gasteiger partial charge in [-0.1, -0.05) is 12.1 Å². The van der Waals surface area contributed by atoms with Crippen LogP contribution in [0.5, 0.6) is 5.75 Å². The van der Waals surface area contributed by atoms with Gasteiger partial charge >= 0.3 is 5.97 Å². The summed E-state index contributed by atoms with van der Waals surface area (Å²) in [6.07, 6.45) is -0.00316. The Labute approximate surface area is 139 Å². The van der Waals surface area contributed by atoms with Crippen LogP contribution in [0.1, 0.15) is 17.7 Å². The highest BCUT2D eigenvalue weighted by atomic mass is 16.5. The van der Waals surface area contributed by atoms with Crippen molar-refractivity contribution in [2.24, 2.45) is 0 Å². The molecule has 1 aromatic carbocycles. The molecule has 0 fully saturated rings. The molecule has 0 aliphatic heterocycles. The van der Waals surface area contributed by atoms with Crippen LogP contribution in [-0.4, -0.2) is 33.0 Å². The number of pyridine rings is 1. The Bertz CT molecular complexity index is 915. The number of aryl methyl sites for hydroxylation is 3. The van der Waals surface area contributed by atoms with Crippen LogP contribution in [0.4, 0.5) is 0 Å². The van der Waals surface area contributed by atoms with E-state index in [2.05, 4.69) is 10.1 Å². The monoisotopic (exact) mass is 325 g/mol. The molecule has 1 N–H and O–H groups in total. The Balaban J connectivity index is 2.26. The Kier molecular flexibility index (Phi) is 4.20. The minimum Gasteiger partial charge on any atom is -0.496 e. The van der Waals surface area contributed by atoms with Crippen molar-refractivity contribution < 1.29 is 14.6 Å². The molecule has 2 aromatic heterocycles. The first kappa shape index (κ1) is 16.0. The normalized spacial score (nSPS) is 11.0. The van der Waals surface area contributed by atoms with Gasteiger partial charge in [-0.25, -0.2) is 9.67 Å². The summed E-state index contributed by atoms with van der Waals surface area (Å²) >= 11 is 0. The summed E-state index contributed by atoms with van der Waals surface area (Å²) in [7, 11) is 1.62. The van der Waals surface area contributed by atoms with Gasteiger partial charge in [0.25, 0.3) is 0 Å². The maximum absolute atomic E-state index is 10.9. The van der Waals surface area contributed by atoms with Crippen LogP contribution in [0, 0.1) is 13.8 Å². The number of methoxy groups -OCH3 is 1. The number of ether oxygens (including phenoxy) is 1. The van der Waals surface area contributed by atoms with Gasteiger partial charge in [0.15, 0.2) is 5.65 Å². The molecule has 0 atom stereocenters. The van der Waals surface area contributed by atoms with Gasteiger partial charge in [-0.2, -0.15) is 5.10 Å². The third-order valence-electron chi connectivity index (χ3n) is 3.93. The van der Waals surface area contributed by atoms with Gasteiger partial charge in [-0.05, 0) is 37.6 Å². The van der Waals surface area contributed by atoms with Crippen LogP contribution in [0.25, 0.3) is 22.3 Å². The molecule has 0 amide bonds. The average molecular weight is 325 g/mol. The predicted molar refractivity (Wildman–Crippen MR) is 91.2 cm³/mol. The number of rotatable bonds is 5. The zero-order valence-corrected chi connectivity index (χ0v) is 13.9. The Morgan fingerprint density at radius 1 is 1.29 bits per heavy atom. The van der Waals surface area contributed by atoms with Crippen LogP contribution >= 0.6 is 0 Å². The predicted octanol–water partition coefficient (Wildman–Crippen LogP) is 3.20. The van der Waals surface area contributed by atoms with Crippen LogP contribution in [0.2, 0.25) is 0 Å². The number of carboxylic acids is 1. The number of hydrogen-bond donors (Lipinski definition) is 1. The van der Waals surface area contributed by atoms with Crippen LogP contribution in [-0.2, 0) is 11.3 Å². The maximum atomic E-state index is 10.9. The molecule has 0 saturated carbocycles. The van der Waals surface area contributed by atoms with Crippen LogP contribution in [0.3, 0.4) is 0 Å². The van der Waals surface area contributed by atoms with Gasteiger partial charge in [0.05, 0.1) is 25.5 Å². The van der Waals surface area contributed by atoms with Crippen molar-refractivity contribution in [2.75, 3.05) is 7.11 Å². The number of carboxylic acid groups (broad SMARTS) is 1. The van der Waals surface area contributed by atoms with E-state index in [1.807, 2.05) is 44.2 Å². The second kappa shape index (κ2) is 6.31. The van der Waals surface area contributed by atoms with Gasteiger partial charge in [0.2, 0.25) is 0 Å². The lowest BCUT2D eigenvalue weighted by molar-refractivity contribution is -0.137. The summed E-state index contributed by atoms with van der Waals surface area (Å²) in [6, 6.07) is 9.67. The second-order valence-electron chi connectivity index (χ2n) is 5.69. The molecule has 6 nitrogen and oxygen atoms in total. The highest BCUT2D eigenvalue weighted by Gasteiger charge is 2.19. The van der Waals surface area contributed by atoms with E-state index in [1.54, 1.807) is 11.8 Å². The molecule has 0 aliphatic rings. The number of para-hydroxylation sites is 1. The third-order valence-corrected chi connectivity index (χ3v) is 3.93. The molecule has 0 spiro atoms. The highest BCUT2D eigenvalue weighted by Crippen LogP contribution is 2.35. The van der Waals surface area contributed by atoms with Crippen LogP contribution in [0.15, 0.2) is 30.3 Å². The molecule has 124 valence electrons. The van der Waals surface area contributed by atoms with E-state index < -0.39 is 5.97 Å². The molecule has 3 aromatic rings. The lowest BCUT2D eigenvalue weighted by Gasteiger charge is -2.06. The van der Waals surface area contributed by atoms with E-state index in [4.69, 9.17) is 9.84 Å². The lowest BCUT2D eigenvalue weighted by Crippen LogP contribution is -2.07. The molecule has 6 heteroatoms. The van der Waals surface area contributed by atoms with E-state index in [0.29, 0.717) is 5.65 Å². The molecule has 0 radical (unpaired) electrons. The molecule has 0 aliphatic carbocycles. The Morgan fingerprint density at radius 2 is 2.04 bits per heavy atom. The topological polar surface area (TPSA) is 77.2 Å². The first-order valence-electron chi connectivity index (χ1n) is 7.71. The summed E-state index contributed by atoms with van der Waals surface area (Å²) < 4.78 is 7.13. The number of aromatic nitrogens is 3. The summed E-state index contributed by atoms with van der Waals surface area (Å²) in [6.45, 7) is 4.21. The summed E-state index contributed by atoms with van der Waals surface area (Å²) in [5.74, 6) is -0.135. The number of aliphatic carboxylic acids is 1. The standard InChI is InChI=1S/C18H19N3O3/c1-11-10-12(2)19-18-16(11)17(20-21(18)9-8-15(22)23)13-6-4-5-7-14(13)24-3/h4-7,10H,8-9H2,1-3H3,(H,22,23). The Hall–Kier alpha value is -2.89. The summed E-state index contributed by atoms with van der Waals surface area (Å²) in [5, 5.41) is 14.6.